The molecule has 1 atom stereocenters. The molecular weight excluding hydrogens is 250 g/mol. The molecule has 0 amide bonds. The minimum atomic E-state index is 0.0164. The van der Waals surface area contributed by atoms with Crippen LogP contribution in [0.3, 0.4) is 0 Å². The third kappa shape index (κ3) is 3.16. The van der Waals surface area contributed by atoms with Gasteiger partial charge in [-0.1, -0.05) is 11.8 Å². The summed E-state index contributed by atoms with van der Waals surface area (Å²) in [7, 11) is 3.30. The average Bonchev–Trinajstić information content (AvgIpc) is 2.78. The van der Waals surface area contributed by atoms with E-state index in [4.69, 9.17) is 15.2 Å². The van der Waals surface area contributed by atoms with E-state index in [9.17, 15) is 0 Å². The van der Waals surface area contributed by atoms with Crippen molar-refractivity contribution in [3.63, 3.8) is 0 Å². The summed E-state index contributed by atoms with van der Waals surface area (Å²) in [6, 6.07) is 5.78. The first-order chi connectivity index (χ1) is 8.72. The molecule has 18 heavy (non-hydrogen) atoms. The zero-order valence-electron chi connectivity index (χ0n) is 10.5. The fraction of sp³-hybridized carbons (Fsp3) is 0.417. The van der Waals surface area contributed by atoms with Gasteiger partial charge in [-0.3, -0.25) is 0 Å². The molecule has 0 fully saturated rings. The number of rotatable bonds is 6. The Morgan fingerprint density at radius 1 is 1.44 bits per heavy atom. The van der Waals surface area contributed by atoms with Gasteiger partial charge in [-0.15, -0.1) is 0 Å². The molecule has 6 heteroatoms. The van der Waals surface area contributed by atoms with Crippen molar-refractivity contribution in [2.75, 3.05) is 26.6 Å². The topological polar surface area (TPSA) is 73.2 Å². The molecule has 5 nitrogen and oxygen atoms in total. The largest absolute Gasteiger partial charge is 0.497 e. The smallest absolute Gasteiger partial charge is 0.166 e. The van der Waals surface area contributed by atoms with Crippen LogP contribution in [0.4, 0.5) is 0 Å². The molecule has 98 valence electrons. The van der Waals surface area contributed by atoms with Crippen LogP contribution in [0.2, 0.25) is 0 Å². The highest BCUT2D eigenvalue weighted by atomic mass is 32.2. The first kappa shape index (κ1) is 13.2. The zero-order valence-corrected chi connectivity index (χ0v) is 11.3. The van der Waals surface area contributed by atoms with Crippen molar-refractivity contribution in [3.8, 4) is 5.75 Å². The molecule has 0 aliphatic heterocycles. The predicted molar refractivity (Wildman–Crippen MR) is 73.2 cm³/mol. The Bertz CT molecular complexity index is 515. The van der Waals surface area contributed by atoms with Crippen LogP contribution >= 0.6 is 11.8 Å². The van der Waals surface area contributed by atoms with E-state index in [1.807, 2.05) is 18.2 Å². The van der Waals surface area contributed by atoms with Gasteiger partial charge in [0.05, 0.1) is 24.8 Å². The van der Waals surface area contributed by atoms with Gasteiger partial charge < -0.3 is 20.2 Å². The lowest BCUT2D eigenvalue weighted by molar-refractivity contribution is 0.186. The van der Waals surface area contributed by atoms with Gasteiger partial charge in [0.1, 0.15) is 5.75 Å². The fourth-order valence-electron chi connectivity index (χ4n) is 1.61. The molecular formula is C12H17N3O2S. The second-order valence-electron chi connectivity index (χ2n) is 3.95. The summed E-state index contributed by atoms with van der Waals surface area (Å²) in [5.41, 5.74) is 7.76. The second kappa shape index (κ2) is 6.08. The number of thioether (sulfide) groups is 1. The molecule has 0 aliphatic carbocycles. The number of ether oxygens (including phenoxy) is 2. The molecule has 1 unspecified atom stereocenters. The van der Waals surface area contributed by atoms with Crippen LogP contribution in [0.15, 0.2) is 23.4 Å². The van der Waals surface area contributed by atoms with Crippen LogP contribution in [-0.2, 0) is 4.74 Å². The maximum atomic E-state index is 5.86. The van der Waals surface area contributed by atoms with Gasteiger partial charge in [0.2, 0.25) is 0 Å². The molecule has 1 aromatic carbocycles. The molecule has 2 aromatic rings. The number of nitrogens with one attached hydrogen (secondary N) is 1. The lowest BCUT2D eigenvalue weighted by Gasteiger charge is -2.07. The lowest BCUT2D eigenvalue weighted by atomic mass is 10.3. The van der Waals surface area contributed by atoms with Gasteiger partial charge in [-0.25, -0.2) is 4.98 Å². The van der Waals surface area contributed by atoms with Crippen LogP contribution in [0, 0.1) is 0 Å². The van der Waals surface area contributed by atoms with E-state index in [1.54, 1.807) is 26.0 Å². The minimum absolute atomic E-state index is 0.0164. The highest BCUT2D eigenvalue weighted by Crippen LogP contribution is 2.23. The van der Waals surface area contributed by atoms with Crippen LogP contribution < -0.4 is 10.5 Å². The van der Waals surface area contributed by atoms with E-state index < -0.39 is 0 Å². The highest BCUT2D eigenvalue weighted by Gasteiger charge is 2.07. The lowest BCUT2D eigenvalue weighted by Crippen LogP contribution is -2.28. The van der Waals surface area contributed by atoms with Gasteiger partial charge in [-0.05, 0) is 12.1 Å². The number of methoxy groups -OCH3 is 2. The first-order valence-corrected chi connectivity index (χ1v) is 6.62. The van der Waals surface area contributed by atoms with Crippen molar-refractivity contribution < 1.29 is 9.47 Å². The zero-order chi connectivity index (χ0) is 13.0. The predicted octanol–water partition coefficient (Wildman–Crippen LogP) is 1.64. The number of benzene rings is 1. The van der Waals surface area contributed by atoms with Gasteiger partial charge in [0.25, 0.3) is 0 Å². The molecule has 3 N–H and O–H groups in total. The van der Waals surface area contributed by atoms with Crippen molar-refractivity contribution in [1.29, 1.82) is 0 Å². The Morgan fingerprint density at radius 3 is 3.00 bits per heavy atom. The number of fused-ring (bicyclic) bond motifs is 1. The second-order valence-corrected chi connectivity index (χ2v) is 4.96. The Kier molecular flexibility index (Phi) is 4.46. The first-order valence-electron chi connectivity index (χ1n) is 5.64. The Morgan fingerprint density at radius 2 is 2.28 bits per heavy atom. The van der Waals surface area contributed by atoms with Crippen LogP contribution in [0.25, 0.3) is 11.0 Å². The van der Waals surface area contributed by atoms with Crippen molar-refractivity contribution in [2.45, 2.75) is 11.2 Å². The van der Waals surface area contributed by atoms with E-state index in [-0.39, 0.29) is 6.04 Å². The number of imidazole rings is 1. The molecule has 2 rings (SSSR count). The fourth-order valence-corrected chi connectivity index (χ4v) is 2.42. The Balaban J connectivity index is 2.05. The Hall–Kier alpha value is -1.24. The van der Waals surface area contributed by atoms with E-state index in [0.717, 1.165) is 27.7 Å². The van der Waals surface area contributed by atoms with Gasteiger partial charge in [0, 0.05) is 25.0 Å². The van der Waals surface area contributed by atoms with Crippen molar-refractivity contribution in [2.24, 2.45) is 5.73 Å². The van der Waals surface area contributed by atoms with Gasteiger partial charge in [-0.2, -0.15) is 0 Å². The molecule has 0 radical (unpaired) electrons. The van der Waals surface area contributed by atoms with E-state index in [1.165, 1.54) is 0 Å². The van der Waals surface area contributed by atoms with Crippen molar-refractivity contribution in [1.82, 2.24) is 9.97 Å². The summed E-state index contributed by atoms with van der Waals surface area (Å²) in [5, 5.41) is 0.866. The van der Waals surface area contributed by atoms with E-state index in [0.29, 0.717) is 6.61 Å². The minimum Gasteiger partial charge on any atom is -0.497 e. The Labute approximate surface area is 110 Å². The molecule has 1 aromatic heterocycles. The summed E-state index contributed by atoms with van der Waals surface area (Å²) in [5.74, 6) is 1.59. The maximum absolute atomic E-state index is 5.86. The standard InChI is InChI=1S/C12H17N3O2S/c1-16-6-8(13)7-18-12-14-10-4-3-9(17-2)5-11(10)15-12/h3-5,8H,6-7,13H2,1-2H3,(H,14,15). The molecule has 0 spiro atoms. The number of nitrogens with zero attached hydrogens (tertiary/aromatic N) is 1. The number of nitrogens with two attached hydrogens (primary N) is 1. The summed E-state index contributed by atoms with van der Waals surface area (Å²) >= 11 is 1.60. The normalized spacial score (nSPS) is 12.8. The van der Waals surface area contributed by atoms with Gasteiger partial charge in [0.15, 0.2) is 5.16 Å². The van der Waals surface area contributed by atoms with Crippen LogP contribution in [0.5, 0.6) is 5.75 Å². The third-order valence-corrected chi connectivity index (χ3v) is 3.54. The average molecular weight is 267 g/mol. The number of aromatic nitrogens is 2. The molecule has 1 heterocycles. The summed E-state index contributed by atoms with van der Waals surface area (Å²) in [6.07, 6.45) is 0. The molecule has 0 saturated heterocycles. The number of hydrogen-bond donors (Lipinski definition) is 2. The van der Waals surface area contributed by atoms with Crippen LogP contribution in [-0.4, -0.2) is 42.6 Å². The maximum Gasteiger partial charge on any atom is 0.166 e. The third-order valence-electron chi connectivity index (χ3n) is 2.48. The highest BCUT2D eigenvalue weighted by molar-refractivity contribution is 7.99. The quantitative estimate of drug-likeness (QED) is 0.778. The summed E-state index contributed by atoms with van der Waals surface area (Å²) < 4.78 is 10.2. The van der Waals surface area contributed by atoms with Crippen molar-refractivity contribution in [3.05, 3.63) is 18.2 Å². The molecule has 0 saturated carbocycles. The summed E-state index contributed by atoms with van der Waals surface area (Å²) in [6.45, 7) is 0.557. The van der Waals surface area contributed by atoms with Gasteiger partial charge >= 0.3 is 0 Å². The number of aromatic amines is 1. The monoisotopic (exact) mass is 267 g/mol. The van der Waals surface area contributed by atoms with Crippen molar-refractivity contribution >= 4 is 22.8 Å². The van der Waals surface area contributed by atoms with E-state index >= 15 is 0 Å². The number of hydrogen-bond acceptors (Lipinski definition) is 5. The van der Waals surface area contributed by atoms with Crippen LogP contribution in [0.1, 0.15) is 0 Å². The molecule has 0 bridgehead atoms. The molecule has 0 aliphatic rings. The number of H-pyrrole nitrogens is 1. The van der Waals surface area contributed by atoms with E-state index in [2.05, 4.69) is 9.97 Å². The SMILES string of the molecule is COCC(N)CSc1nc2ccc(OC)cc2[nH]1. The summed E-state index contributed by atoms with van der Waals surface area (Å²) in [4.78, 5) is 7.72.